The molecule has 0 amide bonds. The summed E-state index contributed by atoms with van der Waals surface area (Å²) in [4.78, 5) is 8.54. The predicted octanol–water partition coefficient (Wildman–Crippen LogP) is 4.16. The van der Waals surface area contributed by atoms with Gasteiger partial charge in [0.25, 0.3) is 0 Å². The van der Waals surface area contributed by atoms with Crippen molar-refractivity contribution >= 4 is 40.6 Å². The van der Waals surface area contributed by atoms with E-state index in [1.807, 2.05) is 17.5 Å². The number of nitrogens with zero attached hydrogens (tertiary/aromatic N) is 2. The normalized spacial score (nSPS) is 10.5. The molecule has 0 saturated heterocycles. The third kappa shape index (κ3) is 3.59. The lowest BCUT2D eigenvalue weighted by molar-refractivity contribution is 0.935. The first-order chi connectivity index (χ1) is 8.29. The van der Waals surface area contributed by atoms with Crippen molar-refractivity contribution in [2.45, 2.75) is 22.6 Å². The van der Waals surface area contributed by atoms with Crippen LogP contribution in [0.4, 0.5) is 5.95 Å². The first kappa shape index (κ1) is 12.7. The summed E-state index contributed by atoms with van der Waals surface area (Å²) in [7, 11) is 0. The molecule has 2 aromatic rings. The fourth-order valence-electron chi connectivity index (χ4n) is 1.16. The number of nitrogens with one attached hydrogen (secondary N) is 1. The number of aromatic nitrogens is 2. The Hall–Kier alpha value is -0.780. The molecule has 0 bridgehead atoms. The lowest BCUT2D eigenvalue weighted by Gasteiger charge is -2.05. The van der Waals surface area contributed by atoms with Gasteiger partial charge in [0, 0.05) is 6.54 Å². The van der Waals surface area contributed by atoms with Crippen molar-refractivity contribution in [1.82, 2.24) is 9.97 Å². The average molecular weight is 286 g/mol. The molecule has 2 rings (SSSR count). The van der Waals surface area contributed by atoms with E-state index in [1.165, 1.54) is 4.21 Å². The number of hydrogen-bond acceptors (Lipinski definition) is 5. The minimum absolute atomic E-state index is 0.588. The van der Waals surface area contributed by atoms with Gasteiger partial charge < -0.3 is 5.32 Å². The largest absolute Gasteiger partial charge is 0.354 e. The number of rotatable bonds is 5. The third-order valence-corrected chi connectivity index (χ3v) is 4.37. The maximum atomic E-state index is 6.08. The third-order valence-electron chi connectivity index (χ3n) is 1.94. The molecule has 0 aromatic carbocycles. The Balaban J connectivity index is 2.14. The van der Waals surface area contributed by atoms with Crippen LogP contribution in [0.25, 0.3) is 0 Å². The van der Waals surface area contributed by atoms with Crippen LogP contribution in [0, 0.1) is 0 Å². The van der Waals surface area contributed by atoms with Gasteiger partial charge in [0.15, 0.2) is 0 Å². The van der Waals surface area contributed by atoms with Gasteiger partial charge in [-0.05, 0) is 17.9 Å². The van der Waals surface area contributed by atoms with Crippen LogP contribution in [0.2, 0.25) is 5.02 Å². The van der Waals surface area contributed by atoms with E-state index in [1.54, 1.807) is 29.3 Å². The van der Waals surface area contributed by atoms with E-state index in [0.29, 0.717) is 11.0 Å². The fraction of sp³-hybridized carbons (Fsp3) is 0.273. The highest BCUT2D eigenvalue weighted by Gasteiger charge is 2.07. The molecule has 6 heteroatoms. The SMILES string of the molecule is CCCNc1ncc(Cl)c(Sc2cccs2)n1. The van der Waals surface area contributed by atoms with Gasteiger partial charge in [-0.3, -0.25) is 0 Å². The van der Waals surface area contributed by atoms with Crippen molar-refractivity contribution in [2.24, 2.45) is 0 Å². The second-order valence-electron chi connectivity index (χ2n) is 3.31. The quantitative estimate of drug-likeness (QED) is 0.837. The summed E-state index contributed by atoms with van der Waals surface area (Å²) in [5, 5.41) is 6.57. The molecule has 0 aliphatic rings. The number of anilines is 1. The second-order valence-corrected chi connectivity index (χ2v) is 5.95. The summed E-state index contributed by atoms with van der Waals surface area (Å²) < 4.78 is 1.17. The molecule has 0 unspecified atom stereocenters. The summed E-state index contributed by atoms with van der Waals surface area (Å²) in [6.07, 6.45) is 2.68. The summed E-state index contributed by atoms with van der Waals surface area (Å²) in [6.45, 7) is 2.97. The van der Waals surface area contributed by atoms with Crippen LogP contribution in [0.3, 0.4) is 0 Å². The molecule has 17 heavy (non-hydrogen) atoms. The van der Waals surface area contributed by atoms with Gasteiger partial charge in [0.1, 0.15) is 5.03 Å². The van der Waals surface area contributed by atoms with Gasteiger partial charge in [-0.25, -0.2) is 9.97 Å². The second kappa shape index (κ2) is 6.23. The molecule has 1 N–H and O–H groups in total. The molecule has 2 aromatic heterocycles. The summed E-state index contributed by atoms with van der Waals surface area (Å²) in [6, 6.07) is 4.06. The molecule has 0 fully saturated rings. The van der Waals surface area contributed by atoms with Crippen LogP contribution in [0.5, 0.6) is 0 Å². The van der Waals surface area contributed by atoms with Crippen molar-refractivity contribution in [2.75, 3.05) is 11.9 Å². The van der Waals surface area contributed by atoms with Crippen molar-refractivity contribution in [3.05, 3.63) is 28.7 Å². The topological polar surface area (TPSA) is 37.8 Å². The monoisotopic (exact) mass is 285 g/mol. The number of thiophene rings is 1. The number of halogens is 1. The van der Waals surface area contributed by atoms with Crippen LogP contribution in [0.1, 0.15) is 13.3 Å². The molecule has 0 atom stereocenters. The zero-order chi connectivity index (χ0) is 12.1. The molecule has 90 valence electrons. The Labute approximate surface area is 114 Å². The van der Waals surface area contributed by atoms with Gasteiger partial charge in [0.2, 0.25) is 5.95 Å². The zero-order valence-electron chi connectivity index (χ0n) is 9.31. The Morgan fingerprint density at radius 2 is 2.41 bits per heavy atom. The molecule has 0 aliphatic heterocycles. The fourth-order valence-corrected chi connectivity index (χ4v) is 3.03. The standard InChI is InChI=1S/C11H12ClN3S2/c1-2-5-13-11-14-7-8(12)10(15-11)17-9-4-3-6-16-9/h3-4,6-7H,2,5H2,1H3,(H,13,14,15). The number of hydrogen-bond donors (Lipinski definition) is 1. The van der Waals surface area contributed by atoms with E-state index in [2.05, 4.69) is 22.2 Å². The lowest BCUT2D eigenvalue weighted by Crippen LogP contribution is -2.04. The molecule has 0 spiro atoms. The lowest BCUT2D eigenvalue weighted by atomic mass is 10.5. The van der Waals surface area contributed by atoms with E-state index in [4.69, 9.17) is 11.6 Å². The minimum Gasteiger partial charge on any atom is -0.354 e. The summed E-state index contributed by atoms with van der Waals surface area (Å²) >= 11 is 9.32. The van der Waals surface area contributed by atoms with Gasteiger partial charge in [-0.15, -0.1) is 11.3 Å². The zero-order valence-corrected chi connectivity index (χ0v) is 11.7. The molecule has 0 radical (unpaired) electrons. The Kier molecular flexibility index (Phi) is 4.65. The molecule has 3 nitrogen and oxygen atoms in total. The molecule has 2 heterocycles. The Morgan fingerprint density at radius 3 is 3.12 bits per heavy atom. The minimum atomic E-state index is 0.588. The average Bonchev–Trinajstić information content (AvgIpc) is 2.83. The maximum absolute atomic E-state index is 6.08. The van der Waals surface area contributed by atoms with Crippen LogP contribution >= 0.6 is 34.7 Å². The van der Waals surface area contributed by atoms with Crippen molar-refractivity contribution in [3.63, 3.8) is 0 Å². The molecule has 0 aliphatic carbocycles. The van der Waals surface area contributed by atoms with Crippen LogP contribution in [-0.2, 0) is 0 Å². The Morgan fingerprint density at radius 1 is 1.53 bits per heavy atom. The first-order valence-corrected chi connectivity index (χ1v) is 7.34. The van der Waals surface area contributed by atoms with E-state index in [9.17, 15) is 0 Å². The van der Waals surface area contributed by atoms with E-state index < -0.39 is 0 Å². The van der Waals surface area contributed by atoms with Crippen LogP contribution in [0.15, 0.2) is 32.9 Å². The van der Waals surface area contributed by atoms with Gasteiger partial charge in [0.05, 0.1) is 15.4 Å². The van der Waals surface area contributed by atoms with Gasteiger partial charge in [-0.2, -0.15) is 0 Å². The van der Waals surface area contributed by atoms with Gasteiger partial charge >= 0.3 is 0 Å². The molecule has 0 saturated carbocycles. The van der Waals surface area contributed by atoms with Crippen molar-refractivity contribution in [1.29, 1.82) is 0 Å². The maximum Gasteiger partial charge on any atom is 0.223 e. The highest BCUT2D eigenvalue weighted by Crippen LogP contribution is 2.34. The summed E-state index contributed by atoms with van der Waals surface area (Å²) in [5.41, 5.74) is 0. The van der Waals surface area contributed by atoms with E-state index >= 15 is 0 Å². The predicted molar refractivity (Wildman–Crippen MR) is 74.3 cm³/mol. The van der Waals surface area contributed by atoms with Crippen LogP contribution < -0.4 is 5.32 Å². The van der Waals surface area contributed by atoms with Gasteiger partial charge in [-0.1, -0.05) is 36.4 Å². The van der Waals surface area contributed by atoms with E-state index in [0.717, 1.165) is 18.0 Å². The molecular formula is C11H12ClN3S2. The Bertz CT molecular complexity index is 474. The highest BCUT2D eigenvalue weighted by atomic mass is 35.5. The highest BCUT2D eigenvalue weighted by molar-refractivity contribution is 8.01. The smallest absolute Gasteiger partial charge is 0.223 e. The molecular weight excluding hydrogens is 274 g/mol. The van der Waals surface area contributed by atoms with Crippen LogP contribution in [-0.4, -0.2) is 16.5 Å². The van der Waals surface area contributed by atoms with E-state index in [-0.39, 0.29) is 0 Å². The summed E-state index contributed by atoms with van der Waals surface area (Å²) in [5.74, 6) is 0.635. The van der Waals surface area contributed by atoms with Crippen molar-refractivity contribution in [3.8, 4) is 0 Å². The first-order valence-electron chi connectivity index (χ1n) is 5.27. The van der Waals surface area contributed by atoms with Crippen molar-refractivity contribution < 1.29 is 0 Å².